The van der Waals surface area contributed by atoms with Gasteiger partial charge in [0.1, 0.15) is 0 Å². The highest BCUT2D eigenvalue weighted by atomic mass is 15.0. The van der Waals surface area contributed by atoms with Crippen LogP contribution in [-0.4, -0.2) is 4.57 Å². The minimum atomic E-state index is -0.428. The molecule has 1 aliphatic carbocycles. The molecule has 0 radical (unpaired) electrons. The minimum absolute atomic E-state index is 0.428. The summed E-state index contributed by atoms with van der Waals surface area (Å²) in [6.07, 6.45) is 0. The summed E-state index contributed by atoms with van der Waals surface area (Å²) in [4.78, 5) is 0. The number of hydrogen-bond donors (Lipinski definition) is 1. The molecular formula is C38H28N2. The molecule has 6 aromatic carbocycles. The van der Waals surface area contributed by atoms with Crippen molar-refractivity contribution in [2.75, 3.05) is 0 Å². The highest BCUT2D eigenvalue weighted by molar-refractivity contribution is 6.12. The SMILES string of the molecule is NCc1cccc(-n2c3ccccc3c3cc4c(cc32)C(c2ccccc2)(c2ccccc2)c2ccccc2-4)c1. The van der Waals surface area contributed by atoms with Crippen LogP contribution in [0.4, 0.5) is 0 Å². The van der Waals surface area contributed by atoms with E-state index < -0.39 is 5.41 Å². The summed E-state index contributed by atoms with van der Waals surface area (Å²) in [6.45, 7) is 0.515. The molecule has 1 aliphatic rings. The minimum Gasteiger partial charge on any atom is -0.326 e. The standard InChI is InChI=1S/C38H28N2/c39-25-26-12-11-17-29(22-26)40-36-21-10-8-19-31(36)33-23-32-30-18-7-9-20-34(30)38(35(32)24-37(33)40,27-13-3-1-4-14-27)28-15-5-2-6-16-28/h1-24H,25,39H2. The van der Waals surface area contributed by atoms with E-state index in [9.17, 15) is 0 Å². The van der Waals surface area contributed by atoms with Crippen molar-refractivity contribution in [1.29, 1.82) is 0 Å². The van der Waals surface area contributed by atoms with Crippen LogP contribution in [0.2, 0.25) is 0 Å². The Balaban J connectivity index is 1.56. The van der Waals surface area contributed by atoms with E-state index in [1.807, 2.05) is 0 Å². The first-order valence-corrected chi connectivity index (χ1v) is 13.9. The van der Waals surface area contributed by atoms with Crippen LogP contribution >= 0.6 is 0 Å². The van der Waals surface area contributed by atoms with Crippen LogP contribution in [0.3, 0.4) is 0 Å². The molecule has 7 aromatic rings. The Hall–Kier alpha value is -4.92. The van der Waals surface area contributed by atoms with E-state index in [4.69, 9.17) is 5.73 Å². The van der Waals surface area contributed by atoms with Crippen LogP contribution in [0.15, 0.2) is 146 Å². The first-order chi connectivity index (χ1) is 19.8. The maximum Gasteiger partial charge on any atom is 0.0714 e. The first-order valence-electron chi connectivity index (χ1n) is 13.9. The van der Waals surface area contributed by atoms with E-state index in [1.165, 1.54) is 55.2 Å². The van der Waals surface area contributed by atoms with Gasteiger partial charge in [-0.25, -0.2) is 0 Å². The lowest BCUT2D eigenvalue weighted by atomic mass is 9.67. The fourth-order valence-corrected chi connectivity index (χ4v) is 7.00. The zero-order valence-corrected chi connectivity index (χ0v) is 22.1. The molecule has 0 atom stereocenters. The summed E-state index contributed by atoms with van der Waals surface area (Å²) < 4.78 is 2.41. The number of hydrogen-bond acceptors (Lipinski definition) is 1. The Morgan fingerprint density at radius 1 is 0.500 bits per heavy atom. The van der Waals surface area contributed by atoms with Gasteiger partial charge >= 0.3 is 0 Å². The van der Waals surface area contributed by atoms with Crippen molar-refractivity contribution in [3.05, 3.63) is 173 Å². The van der Waals surface area contributed by atoms with Gasteiger partial charge in [-0.15, -0.1) is 0 Å². The summed E-state index contributed by atoms with van der Waals surface area (Å²) >= 11 is 0. The van der Waals surface area contributed by atoms with Gasteiger partial charge in [0.2, 0.25) is 0 Å². The fourth-order valence-electron chi connectivity index (χ4n) is 7.00. The molecule has 0 fully saturated rings. The predicted molar refractivity (Wildman–Crippen MR) is 166 cm³/mol. The summed E-state index contributed by atoms with van der Waals surface area (Å²) in [5.41, 5.74) is 18.1. The second kappa shape index (κ2) is 8.81. The molecule has 0 spiro atoms. The molecule has 190 valence electrons. The lowest BCUT2D eigenvalue weighted by Gasteiger charge is -2.34. The molecule has 1 heterocycles. The topological polar surface area (TPSA) is 30.9 Å². The van der Waals surface area contributed by atoms with Crippen LogP contribution in [-0.2, 0) is 12.0 Å². The molecule has 0 saturated heterocycles. The van der Waals surface area contributed by atoms with E-state index in [0.29, 0.717) is 6.54 Å². The van der Waals surface area contributed by atoms with Gasteiger partial charge in [-0.3, -0.25) is 0 Å². The molecule has 2 heteroatoms. The third-order valence-electron chi connectivity index (χ3n) is 8.66. The van der Waals surface area contributed by atoms with Gasteiger partial charge in [0.15, 0.2) is 0 Å². The summed E-state index contributed by atoms with van der Waals surface area (Å²) in [5, 5.41) is 2.52. The lowest BCUT2D eigenvalue weighted by Crippen LogP contribution is -2.28. The second-order valence-electron chi connectivity index (χ2n) is 10.7. The Labute approximate surface area is 234 Å². The van der Waals surface area contributed by atoms with E-state index in [2.05, 4.69) is 150 Å². The maximum absolute atomic E-state index is 6.07. The van der Waals surface area contributed by atoms with Crippen molar-refractivity contribution in [2.24, 2.45) is 5.73 Å². The smallest absolute Gasteiger partial charge is 0.0714 e. The molecule has 40 heavy (non-hydrogen) atoms. The first kappa shape index (κ1) is 23.0. The molecule has 2 nitrogen and oxygen atoms in total. The van der Waals surface area contributed by atoms with Crippen molar-refractivity contribution in [3.63, 3.8) is 0 Å². The van der Waals surface area contributed by atoms with E-state index in [1.54, 1.807) is 0 Å². The number of fused-ring (bicyclic) bond motifs is 6. The fraction of sp³-hybridized carbons (Fsp3) is 0.0526. The van der Waals surface area contributed by atoms with E-state index >= 15 is 0 Å². The Kier molecular flexibility index (Phi) is 5.07. The summed E-state index contributed by atoms with van der Waals surface area (Å²) in [6, 6.07) is 53.2. The average Bonchev–Trinajstić information content (AvgIpc) is 3.51. The molecule has 0 aliphatic heterocycles. The average molecular weight is 513 g/mol. The quantitative estimate of drug-likeness (QED) is 0.251. The molecular weight excluding hydrogens is 484 g/mol. The van der Waals surface area contributed by atoms with Gasteiger partial charge in [-0.05, 0) is 69.3 Å². The van der Waals surface area contributed by atoms with Gasteiger partial charge in [0, 0.05) is 23.0 Å². The van der Waals surface area contributed by atoms with Gasteiger partial charge in [-0.2, -0.15) is 0 Å². The van der Waals surface area contributed by atoms with E-state index in [-0.39, 0.29) is 0 Å². The van der Waals surface area contributed by atoms with Crippen molar-refractivity contribution in [2.45, 2.75) is 12.0 Å². The molecule has 0 bridgehead atoms. The number of nitrogens with zero attached hydrogens (tertiary/aromatic N) is 1. The van der Waals surface area contributed by atoms with E-state index in [0.717, 1.165) is 11.3 Å². The zero-order chi connectivity index (χ0) is 26.7. The number of aromatic nitrogens is 1. The lowest BCUT2D eigenvalue weighted by molar-refractivity contribution is 0.769. The number of benzene rings is 6. The van der Waals surface area contributed by atoms with Gasteiger partial charge in [0.05, 0.1) is 16.4 Å². The van der Waals surface area contributed by atoms with Crippen LogP contribution in [0.1, 0.15) is 27.8 Å². The van der Waals surface area contributed by atoms with Crippen LogP contribution in [0, 0.1) is 0 Å². The normalized spacial score (nSPS) is 13.4. The van der Waals surface area contributed by atoms with Crippen LogP contribution < -0.4 is 5.73 Å². The molecule has 0 saturated carbocycles. The largest absolute Gasteiger partial charge is 0.326 e. The van der Waals surface area contributed by atoms with Gasteiger partial charge in [-0.1, -0.05) is 115 Å². The predicted octanol–water partition coefficient (Wildman–Crippen LogP) is 8.61. The molecule has 2 N–H and O–H groups in total. The molecule has 1 aromatic heterocycles. The summed E-state index contributed by atoms with van der Waals surface area (Å²) in [5.74, 6) is 0. The Bertz CT molecular complexity index is 1990. The number of para-hydroxylation sites is 1. The van der Waals surface area contributed by atoms with Gasteiger partial charge in [0.25, 0.3) is 0 Å². The number of rotatable bonds is 4. The van der Waals surface area contributed by atoms with Crippen molar-refractivity contribution >= 4 is 21.8 Å². The Morgan fingerprint density at radius 3 is 1.93 bits per heavy atom. The highest BCUT2D eigenvalue weighted by Gasteiger charge is 2.46. The number of nitrogens with two attached hydrogens (primary N) is 1. The second-order valence-corrected chi connectivity index (χ2v) is 10.7. The van der Waals surface area contributed by atoms with Crippen LogP contribution in [0.5, 0.6) is 0 Å². The van der Waals surface area contributed by atoms with Crippen molar-refractivity contribution in [1.82, 2.24) is 4.57 Å². The molecule has 0 unspecified atom stereocenters. The Morgan fingerprint density at radius 2 is 1.18 bits per heavy atom. The molecule has 0 amide bonds. The van der Waals surface area contributed by atoms with Crippen LogP contribution in [0.25, 0.3) is 38.6 Å². The highest BCUT2D eigenvalue weighted by Crippen LogP contribution is 2.57. The van der Waals surface area contributed by atoms with Crippen molar-refractivity contribution in [3.8, 4) is 16.8 Å². The summed E-state index contributed by atoms with van der Waals surface area (Å²) in [7, 11) is 0. The maximum atomic E-state index is 6.07. The zero-order valence-electron chi connectivity index (χ0n) is 22.1. The monoisotopic (exact) mass is 512 g/mol. The third kappa shape index (κ3) is 3.08. The molecule has 8 rings (SSSR count). The van der Waals surface area contributed by atoms with Crippen molar-refractivity contribution < 1.29 is 0 Å². The third-order valence-corrected chi connectivity index (χ3v) is 8.66. The van der Waals surface area contributed by atoms with Gasteiger partial charge < -0.3 is 10.3 Å².